The van der Waals surface area contributed by atoms with Crippen LogP contribution in [0.4, 0.5) is 0 Å². The highest BCUT2D eigenvalue weighted by molar-refractivity contribution is 7.12. The van der Waals surface area contributed by atoms with Gasteiger partial charge in [0.05, 0.1) is 17.5 Å². The van der Waals surface area contributed by atoms with Crippen LogP contribution in [0.2, 0.25) is 0 Å². The zero-order valence-electron chi connectivity index (χ0n) is 10.8. The van der Waals surface area contributed by atoms with Crippen molar-refractivity contribution >= 4 is 23.2 Å². The fourth-order valence-electron chi connectivity index (χ4n) is 2.30. The van der Waals surface area contributed by atoms with Crippen molar-refractivity contribution < 1.29 is 14.7 Å². The van der Waals surface area contributed by atoms with Crippen LogP contribution in [0.15, 0.2) is 17.5 Å². The molecule has 19 heavy (non-hydrogen) atoms. The first kappa shape index (κ1) is 14.0. The van der Waals surface area contributed by atoms with Crippen molar-refractivity contribution in [1.29, 1.82) is 0 Å². The number of hydrogen-bond donors (Lipinski definition) is 2. The Hall–Kier alpha value is -1.40. The van der Waals surface area contributed by atoms with Crippen LogP contribution in [0.25, 0.3) is 0 Å². The van der Waals surface area contributed by atoms with Crippen LogP contribution in [-0.2, 0) is 4.79 Å². The van der Waals surface area contributed by atoms with Crippen LogP contribution < -0.4 is 5.32 Å². The molecule has 2 rings (SSSR count). The second-order valence-corrected chi connectivity index (χ2v) is 5.63. The standard InChI is InChI=1S/C13H18N2O3S/c1-9(14-12(17)11-5-3-7-19-11)13(18)15-6-2-4-10(15)8-16/h3,5,7,9-10,16H,2,4,6,8H2,1H3,(H,14,17)/t9?,10-/m1/s1. The first-order chi connectivity index (χ1) is 9.13. The maximum Gasteiger partial charge on any atom is 0.261 e. The zero-order valence-corrected chi connectivity index (χ0v) is 11.7. The van der Waals surface area contributed by atoms with E-state index in [1.54, 1.807) is 24.0 Å². The molecule has 1 aromatic heterocycles. The molecule has 1 fully saturated rings. The lowest BCUT2D eigenvalue weighted by molar-refractivity contribution is -0.134. The summed E-state index contributed by atoms with van der Waals surface area (Å²) >= 11 is 1.35. The third kappa shape index (κ3) is 3.13. The highest BCUT2D eigenvalue weighted by Gasteiger charge is 2.31. The minimum absolute atomic E-state index is 0.0165. The normalized spacial score (nSPS) is 20.3. The Balaban J connectivity index is 1.94. The zero-order chi connectivity index (χ0) is 13.8. The number of carbonyl (C=O) groups is 2. The minimum Gasteiger partial charge on any atom is -0.394 e. The number of nitrogens with zero attached hydrogens (tertiary/aromatic N) is 1. The first-order valence-electron chi connectivity index (χ1n) is 6.39. The van der Waals surface area contributed by atoms with E-state index < -0.39 is 6.04 Å². The number of nitrogens with one attached hydrogen (secondary N) is 1. The molecule has 6 heteroatoms. The van der Waals surface area contributed by atoms with E-state index in [4.69, 9.17) is 0 Å². The van der Waals surface area contributed by atoms with Gasteiger partial charge in [-0.2, -0.15) is 0 Å². The molecule has 104 valence electrons. The summed E-state index contributed by atoms with van der Waals surface area (Å²) in [5, 5.41) is 13.7. The van der Waals surface area contributed by atoms with E-state index in [9.17, 15) is 14.7 Å². The molecule has 2 amide bonds. The molecule has 2 heterocycles. The first-order valence-corrected chi connectivity index (χ1v) is 7.27. The van der Waals surface area contributed by atoms with Crippen LogP contribution in [0.3, 0.4) is 0 Å². The van der Waals surface area contributed by atoms with Gasteiger partial charge in [0.2, 0.25) is 5.91 Å². The maximum absolute atomic E-state index is 12.2. The van der Waals surface area contributed by atoms with Crippen LogP contribution in [0.1, 0.15) is 29.4 Å². The van der Waals surface area contributed by atoms with E-state index in [0.717, 1.165) is 12.8 Å². The molecule has 0 bridgehead atoms. The molecular weight excluding hydrogens is 264 g/mol. The largest absolute Gasteiger partial charge is 0.394 e. The van der Waals surface area contributed by atoms with Crippen LogP contribution in [0, 0.1) is 0 Å². The van der Waals surface area contributed by atoms with Crippen LogP contribution in [-0.4, -0.2) is 47.1 Å². The molecule has 0 spiro atoms. The molecule has 0 aromatic carbocycles. The van der Waals surface area contributed by atoms with E-state index in [0.29, 0.717) is 11.4 Å². The monoisotopic (exact) mass is 282 g/mol. The van der Waals surface area contributed by atoms with Gasteiger partial charge < -0.3 is 15.3 Å². The number of amides is 2. The van der Waals surface area contributed by atoms with E-state index in [2.05, 4.69) is 5.32 Å². The van der Waals surface area contributed by atoms with Gasteiger partial charge in [-0.25, -0.2) is 0 Å². The number of carbonyl (C=O) groups excluding carboxylic acids is 2. The van der Waals surface area contributed by atoms with Gasteiger partial charge in [0.15, 0.2) is 0 Å². The number of aliphatic hydroxyl groups is 1. The molecule has 2 atom stereocenters. The van der Waals surface area contributed by atoms with Gasteiger partial charge in [0, 0.05) is 6.54 Å². The Morgan fingerprint density at radius 1 is 1.63 bits per heavy atom. The molecule has 1 unspecified atom stereocenters. The molecule has 0 aliphatic carbocycles. The molecule has 1 aliphatic rings. The fraction of sp³-hybridized carbons (Fsp3) is 0.538. The Labute approximate surface area is 116 Å². The molecule has 1 aliphatic heterocycles. The van der Waals surface area contributed by atoms with Crippen molar-refractivity contribution in [1.82, 2.24) is 10.2 Å². The lowest BCUT2D eigenvalue weighted by Gasteiger charge is -2.26. The van der Waals surface area contributed by atoms with Gasteiger partial charge >= 0.3 is 0 Å². The minimum atomic E-state index is -0.568. The second kappa shape index (κ2) is 6.16. The second-order valence-electron chi connectivity index (χ2n) is 4.68. The van der Waals surface area contributed by atoms with Gasteiger partial charge in [-0.15, -0.1) is 11.3 Å². The van der Waals surface area contributed by atoms with Crippen molar-refractivity contribution in [2.45, 2.75) is 31.8 Å². The van der Waals surface area contributed by atoms with Crippen molar-refractivity contribution in [3.8, 4) is 0 Å². The highest BCUT2D eigenvalue weighted by Crippen LogP contribution is 2.18. The predicted molar refractivity (Wildman–Crippen MR) is 73.1 cm³/mol. The van der Waals surface area contributed by atoms with E-state index in [1.807, 2.05) is 5.38 Å². The summed E-state index contributed by atoms with van der Waals surface area (Å²) in [7, 11) is 0. The summed E-state index contributed by atoms with van der Waals surface area (Å²) in [4.78, 5) is 26.4. The molecule has 1 saturated heterocycles. The molecular formula is C13H18N2O3S. The highest BCUT2D eigenvalue weighted by atomic mass is 32.1. The van der Waals surface area contributed by atoms with Crippen molar-refractivity contribution in [2.75, 3.05) is 13.2 Å². The van der Waals surface area contributed by atoms with Gasteiger partial charge in [0.1, 0.15) is 6.04 Å². The van der Waals surface area contributed by atoms with Gasteiger partial charge in [-0.05, 0) is 31.2 Å². The third-order valence-corrected chi connectivity index (χ3v) is 4.20. The van der Waals surface area contributed by atoms with E-state index in [1.165, 1.54) is 11.3 Å². The molecule has 0 saturated carbocycles. The Kier molecular flexibility index (Phi) is 4.55. The van der Waals surface area contributed by atoms with Crippen molar-refractivity contribution in [3.05, 3.63) is 22.4 Å². The van der Waals surface area contributed by atoms with Gasteiger partial charge in [0.25, 0.3) is 5.91 Å². The number of thiophene rings is 1. The topological polar surface area (TPSA) is 69.6 Å². The predicted octanol–water partition coefficient (Wildman–Crippen LogP) is 0.850. The smallest absolute Gasteiger partial charge is 0.261 e. The number of aliphatic hydroxyl groups excluding tert-OH is 1. The van der Waals surface area contributed by atoms with Crippen LogP contribution >= 0.6 is 11.3 Å². The summed E-state index contributed by atoms with van der Waals surface area (Å²) in [5.41, 5.74) is 0. The number of rotatable bonds is 4. The maximum atomic E-state index is 12.2. The number of hydrogen-bond acceptors (Lipinski definition) is 4. The lowest BCUT2D eigenvalue weighted by Crippen LogP contribution is -2.49. The molecule has 0 radical (unpaired) electrons. The summed E-state index contributed by atoms with van der Waals surface area (Å²) in [6, 6.07) is 2.85. The van der Waals surface area contributed by atoms with Gasteiger partial charge in [-0.3, -0.25) is 9.59 Å². The fourth-order valence-corrected chi connectivity index (χ4v) is 2.93. The SMILES string of the molecule is CC(NC(=O)c1cccs1)C(=O)N1CCC[C@@H]1CO. The van der Waals surface area contributed by atoms with Gasteiger partial charge in [-0.1, -0.05) is 6.07 Å². The Morgan fingerprint density at radius 3 is 3.05 bits per heavy atom. The van der Waals surface area contributed by atoms with Crippen molar-refractivity contribution in [2.24, 2.45) is 0 Å². The molecule has 1 aromatic rings. The van der Waals surface area contributed by atoms with E-state index >= 15 is 0 Å². The summed E-state index contributed by atoms with van der Waals surface area (Å²) < 4.78 is 0. The lowest BCUT2D eigenvalue weighted by atomic mass is 10.2. The van der Waals surface area contributed by atoms with Crippen molar-refractivity contribution in [3.63, 3.8) is 0 Å². The molecule has 2 N–H and O–H groups in total. The summed E-state index contributed by atoms with van der Waals surface area (Å²) in [5.74, 6) is -0.350. The average Bonchev–Trinajstić information content (AvgIpc) is 3.08. The number of likely N-dealkylation sites (tertiary alicyclic amines) is 1. The summed E-state index contributed by atoms with van der Waals surface area (Å²) in [6.45, 7) is 2.32. The Morgan fingerprint density at radius 2 is 2.42 bits per heavy atom. The molecule has 5 nitrogen and oxygen atoms in total. The van der Waals surface area contributed by atoms with E-state index in [-0.39, 0.29) is 24.5 Å². The summed E-state index contributed by atoms with van der Waals surface area (Å²) in [6.07, 6.45) is 1.73. The average molecular weight is 282 g/mol. The van der Waals surface area contributed by atoms with Crippen LogP contribution in [0.5, 0.6) is 0 Å². The Bertz CT molecular complexity index is 447. The quantitative estimate of drug-likeness (QED) is 0.860. The third-order valence-electron chi connectivity index (χ3n) is 3.33.